The van der Waals surface area contributed by atoms with Crippen LogP contribution < -0.4 is 0 Å². The van der Waals surface area contributed by atoms with E-state index in [-0.39, 0.29) is 28.1 Å². The first-order chi connectivity index (χ1) is 24.1. The summed E-state index contributed by atoms with van der Waals surface area (Å²) < 4.78 is 94.6. The topological polar surface area (TPSA) is 9.86 Å². The molecule has 0 fully saturated rings. The van der Waals surface area contributed by atoms with Crippen LogP contribution in [0.1, 0.15) is 38.9 Å². The number of alkyl halides is 6. The predicted octanol–water partition coefficient (Wildman–Crippen LogP) is 13.1. The van der Waals surface area contributed by atoms with E-state index in [1.807, 2.05) is 100 Å². The van der Waals surface area contributed by atoms with Crippen LogP contribution in [-0.2, 0) is 12.4 Å². The van der Waals surface area contributed by atoms with Gasteiger partial charge in [-0.1, -0.05) is 60.7 Å². The van der Waals surface area contributed by atoms with Gasteiger partial charge in [-0.2, -0.15) is 26.3 Å². The number of halogens is 6. The van der Waals surface area contributed by atoms with E-state index >= 15 is 26.3 Å². The summed E-state index contributed by atoms with van der Waals surface area (Å²) in [6.45, 7) is 9.12. The fourth-order valence-electron chi connectivity index (χ4n) is 7.62. The van der Waals surface area contributed by atoms with Crippen LogP contribution >= 0.6 is 0 Å². The van der Waals surface area contributed by atoms with Gasteiger partial charge in [-0.25, -0.2) is 0 Å². The maximum absolute atomic E-state index is 15.2. The normalized spacial score (nSPS) is 12.6. The molecule has 0 aliphatic carbocycles. The van der Waals surface area contributed by atoms with E-state index in [9.17, 15) is 0 Å². The van der Waals surface area contributed by atoms with Crippen molar-refractivity contribution in [3.63, 3.8) is 0 Å². The van der Waals surface area contributed by atoms with Gasteiger partial charge < -0.3 is 9.13 Å². The van der Waals surface area contributed by atoms with Gasteiger partial charge in [-0.05, 0) is 105 Å². The standard InChI is InChI=1S/C43H32F6N2/c1-23-9-13-29-30-14-10-24(2)18-35(30)50(34(29)17-23)38-21-28(42(44,45)46)22-39(41(38)40-27(5)7-6-8-33(40)43(47,48)49)51-36-19-25(3)11-15-31(36)32-16-12-26(4)20-37(32)51/h6-22H,1-5H3. The van der Waals surface area contributed by atoms with Crippen LogP contribution in [0.25, 0.3) is 66.1 Å². The van der Waals surface area contributed by atoms with Gasteiger partial charge in [0.05, 0.1) is 44.6 Å². The Morgan fingerprint density at radius 1 is 0.412 bits per heavy atom. The highest BCUT2D eigenvalue weighted by Gasteiger charge is 2.39. The average molecular weight is 691 g/mol. The van der Waals surface area contributed by atoms with Crippen molar-refractivity contribution < 1.29 is 26.3 Å². The number of nitrogens with zero attached hydrogens (tertiary/aromatic N) is 2. The smallest absolute Gasteiger partial charge is 0.309 e. The second-order valence-corrected chi connectivity index (χ2v) is 13.6. The van der Waals surface area contributed by atoms with Gasteiger partial charge in [0.2, 0.25) is 0 Å². The first-order valence-corrected chi connectivity index (χ1v) is 16.6. The maximum atomic E-state index is 15.2. The van der Waals surface area contributed by atoms with Gasteiger partial charge in [0.25, 0.3) is 0 Å². The first kappa shape index (κ1) is 32.7. The van der Waals surface area contributed by atoms with Crippen molar-refractivity contribution in [3.8, 4) is 22.5 Å². The van der Waals surface area contributed by atoms with Crippen molar-refractivity contribution >= 4 is 43.6 Å². The molecule has 0 saturated carbocycles. The fourth-order valence-corrected chi connectivity index (χ4v) is 7.62. The van der Waals surface area contributed by atoms with Gasteiger partial charge >= 0.3 is 12.4 Å². The van der Waals surface area contributed by atoms with Crippen LogP contribution in [0.15, 0.2) is 103 Å². The quantitative estimate of drug-likeness (QED) is 0.163. The molecule has 0 aliphatic rings. The molecule has 0 N–H and O–H groups in total. The third-order valence-corrected chi connectivity index (χ3v) is 9.89. The van der Waals surface area contributed by atoms with Crippen molar-refractivity contribution in [1.29, 1.82) is 0 Å². The number of rotatable bonds is 3. The van der Waals surface area contributed by atoms with E-state index in [1.54, 1.807) is 22.1 Å². The Morgan fingerprint density at radius 3 is 1.12 bits per heavy atom. The van der Waals surface area contributed by atoms with E-state index < -0.39 is 23.5 Å². The Kier molecular flexibility index (Phi) is 7.21. The maximum Gasteiger partial charge on any atom is 0.417 e. The fraction of sp³-hybridized carbons (Fsp3) is 0.163. The molecule has 0 radical (unpaired) electrons. The van der Waals surface area contributed by atoms with Gasteiger partial charge in [-0.3, -0.25) is 0 Å². The number of aryl methyl sites for hydroxylation is 5. The Bertz CT molecular complexity index is 2460. The third-order valence-electron chi connectivity index (χ3n) is 9.89. The number of hydrogen-bond acceptors (Lipinski definition) is 0. The third kappa shape index (κ3) is 5.19. The van der Waals surface area contributed by atoms with Crippen LogP contribution in [0.3, 0.4) is 0 Å². The summed E-state index contributed by atoms with van der Waals surface area (Å²) >= 11 is 0. The first-order valence-electron chi connectivity index (χ1n) is 16.6. The zero-order valence-electron chi connectivity index (χ0n) is 28.5. The monoisotopic (exact) mass is 690 g/mol. The molecule has 0 amide bonds. The molecule has 2 heterocycles. The molecule has 0 saturated heterocycles. The lowest BCUT2D eigenvalue weighted by atomic mass is 9.90. The summed E-state index contributed by atoms with van der Waals surface area (Å²) in [5.74, 6) is 0. The highest BCUT2D eigenvalue weighted by Crippen LogP contribution is 2.49. The van der Waals surface area contributed by atoms with Gasteiger partial charge in [0.1, 0.15) is 0 Å². The van der Waals surface area contributed by atoms with Crippen LogP contribution in [0.5, 0.6) is 0 Å². The molecular weight excluding hydrogens is 658 g/mol. The summed E-state index contributed by atoms with van der Waals surface area (Å²) in [6.07, 6.45) is -9.63. The lowest BCUT2D eigenvalue weighted by Crippen LogP contribution is -2.14. The van der Waals surface area contributed by atoms with Gasteiger partial charge in [0, 0.05) is 32.7 Å². The minimum Gasteiger partial charge on any atom is -0.309 e. The molecule has 8 rings (SSSR count). The zero-order valence-corrected chi connectivity index (χ0v) is 28.5. The Balaban J connectivity index is 1.70. The summed E-state index contributed by atoms with van der Waals surface area (Å²) in [4.78, 5) is 0. The lowest BCUT2D eigenvalue weighted by Gasteiger charge is -2.25. The minimum absolute atomic E-state index is 0.00568. The van der Waals surface area contributed by atoms with E-state index in [0.29, 0.717) is 22.1 Å². The summed E-state index contributed by atoms with van der Waals surface area (Å²) in [5, 5.41) is 3.13. The Labute approximate surface area is 290 Å². The van der Waals surface area contributed by atoms with Crippen molar-refractivity contribution in [3.05, 3.63) is 142 Å². The Morgan fingerprint density at radius 2 is 0.784 bits per heavy atom. The number of aromatic nitrogens is 2. The molecule has 0 unspecified atom stereocenters. The molecule has 51 heavy (non-hydrogen) atoms. The second-order valence-electron chi connectivity index (χ2n) is 13.6. The Hall–Kier alpha value is -5.50. The van der Waals surface area contributed by atoms with Crippen molar-refractivity contribution in [2.45, 2.75) is 47.0 Å². The number of fused-ring (bicyclic) bond motifs is 6. The number of benzene rings is 6. The van der Waals surface area contributed by atoms with E-state index in [1.165, 1.54) is 6.07 Å². The van der Waals surface area contributed by atoms with Crippen molar-refractivity contribution in [1.82, 2.24) is 9.13 Å². The molecule has 0 spiro atoms. The molecule has 8 heteroatoms. The zero-order chi connectivity index (χ0) is 36.1. The molecule has 0 aliphatic heterocycles. The predicted molar refractivity (Wildman–Crippen MR) is 194 cm³/mol. The summed E-state index contributed by atoms with van der Waals surface area (Å²) in [6, 6.07) is 28.8. The molecule has 6 aromatic carbocycles. The molecular formula is C43H32F6N2. The average Bonchev–Trinajstić information content (AvgIpc) is 3.53. The molecule has 2 aromatic heterocycles. The van der Waals surface area contributed by atoms with Crippen molar-refractivity contribution in [2.24, 2.45) is 0 Å². The molecule has 256 valence electrons. The van der Waals surface area contributed by atoms with Crippen molar-refractivity contribution in [2.75, 3.05) is 0 Å². The number of hydrogen-bond donors (Lipinski definition) is 0. The minimum atomic E-state index is -4.82. The summed E-state index contributed by atoms with van der Waals surface area (Å²) in [7, 11) is 0. The molecule has 0 atom stereocenters. The van der Waals surface area contributed by atoms with E-state index in [2.05, 4.69) is 0 Å². The highest BCUT2D eigenvalue weighted by molar-refractivity contribution is 6.12. The SMILES string of the molecule is Cc1ccc2c3ccc(C)cc3n(-c3cc(C(F)(F)F)cc(-n4c5cc(C)ccc5c5ccc(C)cc54)c3-c3c(C)cccc3C(F)(F)F)c2c1. The van der Waals surface area contributed by atoms with Gasteiger partial charge in [0.15, 0.2) is 0 Å². The lowest BCUT2D eigenvalue weighted by molar-refractivity contribution is -0.138. The second kappa shape index (κ2) is 11.3. The van der Waals surface area contributed by atoms with Crippen LogP contribution in [0.4, 0.5) is 26.3 Å². The van der Waals surface area contributed by atoms with Crippen LogP contribution in [0, 0.1) is 34.6 Å². The van der Waals surface area contributed by atoms with E-state index in [4.69, 9.17) is 0 Å². The largest absolute Gasteiger partial charge is 0.417 e. The van der Waals surface area contributed by atoms with Crippen LogP contribution in [-0.4, -0.2) is 9.13 Å². The molecule has 8 aromatic rings. The van der Waals surface area contributed by atoms with E-state index in [0.717, 1.165) is 62.0 Å². The highest BCUT2D eigenvalue weighted by atomic mass is 19.4. The van der Waals surface area contributed by atoms with Gasteiger partial charge in [-0.15, -0.1) is 0 Å². The molecule has 0 bridgehead atoms. The molecule has 2 nitrogen and oxygen atoms in total. The van der Waals surface area contributed by atoms with Crippen LogP contribution in [0.2, 0.25) is 0 Å². The summed E-state index contributed by atoms with van der Waals surface area (Å²) in [5.41, 5.74) is 4.10.